The van der Waals surface area contributed by atoms with Gasteiger partial charge in [0.05, 0.1) is 16.2 Å². The van der Waals surface area contributed by atoms with Crippen LogP contribution in [0, 0.1) is 0 Å². The molecular formula is C13H20ClN3O. The zero-order valence-electron chi connectivity index (χ0n) is 10.8. The van der Waals surface area contributed by atoms with Crippen molar-refractivity contribution in [3.63, 3.8) is 0 Å². The molecule has 0 aromatic heterocycles. The zero-order chi connectivity index (χ0) is 13.6. The minimum Gasteiger partial charge on any atom is -0.331 e. The number of carbonyl (C=O) groups excluding carboxylic acids is 1. The van der Waals surface area contributed by atoms with Crippen LogP contribution >= 0.6 is 11.6 Å². The number of anilines is 1. The molecular weight excluding hydrogens is 250 g/mol. The standard InChI is InChI=1S/C13H20ClN3O/c1-3-13(4-2,9-15)17-12(18)16-11-8-6-5-7-10(11)14/h5-8H,3-4,9,15H2,1-2H3,(H2,16,17,18). The summed E-state index contributed by atoms with van der Waals surface area (Å²) in [6.45, 7) is 4.42. The molecule has 0 fully saturated rings. The molecule has 0 unspecified atom stereocenters. The van der Waals surface area contributed by atoms with Crippen LogP contribution in [0.15, 0.2) is 24.3 Å². The maximum Gasteiger partial charge on any atom is 0.319 e. The lowest BCUT2D eigenvalue weighted by Crippen LogP contribution is -2.54. The fraction of sp³-hybridized carbons (Fsp3) is 0.462. The van der Waals surface area contributed by atoms with Gasteiger partial charge in [-0.3, -0.25) is 0 Å². The molecule has 4 N–H and O–H groups in total. The Hall–Kier alpha value is -1.26. The highest BCUT2D eigenvalue weighted by Crippen LogP contribution is 2.21. The van der Waals surface area contributed by atoms with Gasteiger partial charge in [-0.1, -0.05) is 37.6 Å². The highest BCUT2D eigenvalue weighted by molar-refractivity contribution is 6.33. The summed E-state index contributed by atoms with van der Waals surface area (Å²) in [5, 5.41) is 6.17. The fourth-order valence-corrected chi connectivity index (χ4v) is 1.91. The van der Waals surface area contributed by atoms with Crippen LogP contribution in [0.5, 0.6) is 0 Å². The Kier molecular flexibility index (Phi) is 5.44. The molecule has 4 nitrogen and oxygen atoms in total. The number of nitrogens with two attached hydrogens (primary N) is 1. The molecule has 0 aliphatic heterocycles. The predicted octanol–water partition coefficient (Wildman–Crippen LogP) is 2.98. The molecule has 0 aliphatic rings. The van der Waals surface area contributed by atoms with Crippen LogP contribution in [0.1, 0.15) is 26.7 Å². The van der Waals surface area contributed by atoms with Crippen molar-refractivity contribution >= 4 is 23.3 Å². The van der Waals surface area contributed by atoms with E-state index < -0.39 is 0 Å². The number of nitrogens with one attached hydrogen (secondary N) is 2. The fourth-order valence-electron chi connectivity index (χ4n) is 1.72. The van der Waals surface area contributed by atoms with Crippen molar-refractivity contribution < 1.29 is 4.79 Å². The molecule has 0 saturated carbocycles. The SMILES string of the molecule is CCC(CC)(CN)NC(=O)Nc1ccccc1Cl. The monoisotopic (exact) mass is 269 g/mol. The normalized spacial score (nSPS) is 11.1. The van der Waals surface area contributed by atoms with Crippen molar-refractivity contribution in [3.8, 4) is 0 Å². The van der Waals surface area contributed by atoms with E-state index in [4.69, 9.17) is 17.3 Å². The number of rotatable bonds is 5. The zero-order valence-corrected chi connectivity index (χ0v) is 11.6. The second-order valence-electron chi connectivity index (χ2n) is 4.25. The number of hydrogen-bond acceptors (Lipinski definition) is 2. The third-order valence-electron chi connectivity index (χ3n) is 3.25. The first-order chi connectivity index (χ1) is 8.56. The first-order valence-corrected chi connectivity index (χ1v) is 6.48. The van der Waals surface area contributed by atoms with E-state index in [0.717, 1.165) is 12.8 Å². The average Bonchev–Trinajstić information content (AvgIpc) is 2.39. The van der Waals surface area contributed by atoms with Crippen LogP contribution in [0.25, 0.3) is 0 Å². The molecule has 5 heteroatoms. The molecule has 0 bridgehead atoms. The quantitative estimate of drug-likeness (QED) is 0.769. The number of para-hydroxylation sites is 1. The number of halogens is 1. The average molecular weight is 270 g/mol. The molecule has 1 aromatic rings. The van der Waals surface area contributed by atoms with E-state index in [1.54, 1.807) is 12.1 Å². The van der Waals surface area contributed by atoms with Gasteiger partial charge in [0, 0.05) is 6.54 Å². The second kappa shape index (κ2) is 6.61. The van der Waals surface area contributed by atoms with Gasteiger partial charge in [0.15, 0.2) is 0 Å². The molecule has 1 aromatic carbocycles. The number of carbonyl (C=O) groups is 1. The molecule has 1 rings (SSSR count). The van der Waals surface area contributed by atoms with Gasteiger partial charge in [0.1, 0.15) is 0 Å². The summed E-state index contributed by atoms with van der Waals surface area (Å²) < 4.78 is 0. The maximum atomic E-state index is 11.9. The second-order valence-corrected chi connectivity index (χ2v) is 4.66. The van der Waals surface area contributed by atoms with E-state index in [0.29, 0.717) is 17.3 Å². The van der Waals surface area contributed by atoms with Crippen molar-refractivity contribution in [1.29, 1.82) is 0 Å². The summed E-state index contributed by atoms with van der Waals surface area (Å²) in [4.78, 5) is 11.9. The van der Waals surface area contributed by atoms with Crippen LogP contribution in [-0.2, 0) is 0 Å². The highest BCUT2D eigenvalue weighted by atomic mass is 35.5. The molecule has 2 amide bonds. The summed E-state index contributed by atoms with van der Waals surface area (Å²) >= 11 is 5.97. The van der Waals surface area contributed by atoms with Crippen LogP contribution in [-0.4, -0.2) is 18.1 Å². The summed E-state index contributed by atoms with van der Waals surface area (Å²) in [6, 6.07) is 6.83. The molecule has 0 spiro atoms. The number of amides is 2. The van der Waals surface area contributed by atoms with Crippen molar-refractivity contribution in [3.05, 3.63) is 29.3 Å². The van der Waals surface area contributed by atoms with Gasteiger partial charge in [-0.25, -0.2) is 4.79 Å². The van der Waals surface area contributed by atoms with E-state index in [-0.39, 0.29) is 11.6 Å². The smallest absolute Gasteiger partial charge is 0.319 e. The Bertz CT molecular complexity index is 397. The Morgan fingerprint density at radius 1 is 1.33 bits per heavy atom. The van der Waals surface area contributed by atoms with Gasteiger partial charge >= 0.3 is 6.03 Å². The topological polar surface area (TPSA) is 67.1 Å². The summed E-state index contributed by atoms with van der Waals surface area (Å²) in [5.41, 5.74) is 5.97. The lowest BCUT2D eigenvalue weighted by molar-refractivity contribution is 0.233. The van der Waals surface area contributed by atoms with Gasteiger partial charge in [0.25, 0.3) is 0 Å². The van der Waals surface area contributed by atoms with Gasteiger partial charge in [-0.2, -0.15) is 0 Å². The van der Waals surface area contributed by atoms with Gasteiger partial charge in [-0.05, 0) is 25.0 Å². The highest BCUT2D eigenvalue weighted by Gasteiger charge is 2.26. The summed E-state index contributed by atoms with van der Waals surface area (Å²) in [7, 11) is 0. The molecule has 0 atom stereocenters. The number of benzene rings is 1. The Morgan fingerprint density at radius 3 is 2.44 bits per heavy atom. The molecule has 100 valence electrons. The molecule has 0 aliphatic carbocycles. The van der Waals surface area contributed by atoms with Crippen molar-refractivity contribution in [1.82, 2.24) is 5.32 Å². The minimum absolute atomic E-state index is 0.280. The Labute approximate surface area is 113 Å². The van der Waals surface area contributed by atoms with Crippen LogP contribution < -0.4 is 16.4 Å². The van der Waals surface area contributed by atoms with E-state index in [1.165, 1.54) is 0 Å². The van der Waals surface area contributed by atoms with Gasteiger partial charge in [-0.15, -0.1) is 0 Å². The largest absolute Gasteiger partial charge is 0.331 e. The summed E-state index contributed by atoms with van der Waals surface area (Å²) in [5.74, 6) is 0. The third kappa shape index (κ3) is 3.62. The third-order valence-corrected chi connectivity index (χ3v) is 3.57. The van der Waals surface area contributed by atoms with Crippen molar-refractivity contribution in [2.24, 2.45) is 5.73 Å². The van der Waals surface area contributed by atoms with Crippen LogP contribution in [0.3, 0.4) is 0 Å². The first kappa shape index (κ1) is 14.8. The van der Waals surface area contributed by atoms with E-state index in [1.807, 2.05) is 26.0 Å². The Balaban J connectivity index is 2.70. The molecule has 18 heavy (non-hydrogen) atoms. The minimum atomic E-state index is -0.356. The lowest BCUT2D eigenvalue weighted by atomic mass is 9.93. The maximum absolute atomic E-state index is 11.9. The molecule has 0 saturated heterocycles. The van der Waals surface area contributed by atoms with E-state index in [9.17, 15) is 4.79 Å². The molecule has 0 radical (unpaired) electrons. The van der Waals surface area contributed by atoms with Crippen LogP contribution in [0.2, 0.25) is 5.02 Å². The van der Waals surface area contributed by atoms with Crippen molar-refractivity contribution in [2.45, 2.75) is 32.2 Å². The van der Waals surface area contributed by atoms with Gasteiger partial charge in [0.2, 0.25) is 0 Å². The molecule has 0 heterocycles. The number of urea groups is 1. The van der Waals surface area contributed by atoms with Gasteiger partial charge < -0.3 is 16.4 Å². The predicted molar refractivity (Wildman–Crippen MR) is 76.0 cm³/mol. The summed E-state index contributed by atoms with van der Waals surface area (Å²) in [6.07, 6.45) is 1.58. The number of hydrogen-bond donors (Lipinski definition) is 3. The lowest BCUT2D eigenvalue weighted by Gasteiger charge is -2.31. The van der Waals surface area contributed by atoms with E-state index in [2.05, 4.69) is 10.6 Å². The first-order valence-electron chi connectivity index (χ1n) is 6.10. The Morgan fingerprint density at radius 2 is 1.94 bits per heavy atom. The van der Waals surface area contributed by atoms with E-state index >= 15 is 0 Å². The van der Waals surface area contributed by atoms with Crippen molar-refractivity contribution in [2.75, 3.05) is 11.9 Å². The van der Waals surface area contributed by atoms with Crippen LogP contribution in [0.4, 0.5) is 10.5 Å².